The Bertz CT molecular complexity index is 295. The highest BCUT2D eigenvalue weighted by Crippen LogP contribution is 2.27. The maximum Gasteiger partial charge on any atom is 0.0534 e. The van der Waals surface area contributed by atoms with Gasteiger partial charge in [0.25, 0.3) is 0 Å². The zero-order chi connectivity index (χ0) is 9.80. The highest BCUT2D eigenvalue weighted by molar-refractivity contribution is 5.27. The minimum absolute atomic E-state index is 0.519. The molecule has 2 N–H and O–H groups in total. The summed E-state index contributed by atoms with van der Waals surface area (Å²) < 4.78 is 5.47. The molecule has 1 atom stereocenters. The Morgan fingerprint density at radius 2 is 2.50 bits per heavy atom. The van der Waals surface area contributed by atoms with Crippen LogP contribution in [0.2, 0.25) is 0 Å². The fourth-order valence-electron chi connectivity index (χ4n) is 1.99. The summed E-state index contributed by atoms with van der Waals surface area (Å²) in [6.45, 7) is 2.30. The van der Waals surface area contributed by atoms with Gasteiger partial charge in [-0.05, 0) is 30.0 Å². The molecule has 2 rings (SSSR count). The van der Waals surface area contributed by atoms with Gasteiger partial charge in [-0.1, -0.05) is 0 Å². The van der Waals surface area contributed by atoms with Crippen LogP contribution in [0.25, 0.3) is 0 Å². The van der Waals surface area contributed by atoms with E-state index in [1.165, 1.54) is 12.0 Å². The van der Waals surface area contributed by atoms with Crippen molar-refractivity contribution in [3.8, 4) is 0 Å². The lowest BCUT2D eigenvalue weighted by molar-refractivity contribution is 0.0802. The lowest BCUT2D eigenvalue weighted by atomic mass is 9.91. The van der Waals surface area contributed by atoms with E-state index in [1.54, 1.807) is 0 Å². The molecule has 3 nitrogen and oxygen atoms in total. The van der Waals surface area contributed by atoms with Crippen LogP contribution in [0.15, 0.2) is 18.5 Å². The molecule has 3 heteroatoms. The maximum absolute atomic E-state index is 5.68. The van der Waals surface area contributed by atoms with Crippen LogP contribution in [0, 0.1) is 0 Å². The first-order chi connectivity index (χ1) is 6.92. The fourth-order valence-corrected chi connectivity index (χ4v) is 1.99. The van der Waals surface area contributed by atoms with Crippen LogP contribution in [0.5, 0.6) is 0 Å². The Labute approximate surface area is 84.3 Å². The predicted molar refractivity (Wildman–Crippen MR) is 54.9 cm³/mol. The molecule has 2 heterocycles. The van der Waals surface area contributed by atoms with Gasteiger partial charge in [-0.2, -0.15) is 0 Å². The quantitative estimate of drug-likeness (QED) is 0.771. The van der Waals surface area contributed by atoms with Crippen molar-refractivity contribution in [3.63, 3.8) is 0 Å². The van der Waals surface area contributed by atoms with Gasteiger partial charge < -0.3 is 10.5 Å². The van der Waals surface area contributed by atoms with Crippen molar-refractivity contribution in [2.24, 2.45) is 5.73 Å². The maximum atomic E-state index is 5.68. The molecule has 1 saturated heterocycles. The number of aromatic nitrogens is 1. The van der Waals surface area contributed by atoms with E-state index in [9.17, 15) is 0 Å². The molecule has 0 amide bonds. The molecule has 1 unspecified atom stereocenters. The molecule has 0 saturated carbocycles. The van der Waals surface area contributed by atoms with E-state index in [0.717, 1.165) is 25.2 Å². The summed E-state index contributed by atoms with van der Waals surface area (Å²) in [7, 11) is 0. The number of hydrogen-bond acceptors (Lipinski definition) is 3. The van der Waals surface area contributed by atoms with Gasteiger partial charge >= 0.3 is 0 Å². The standard InChI is InChI=1S/C11H16N2O/c12-6-10-7-13-4-3-11(10)9-2-1-5-14-8-9/h3-4,7,9H,1-2,5-6,8,12H2. The largest absolute Gasteiger partial charge is 0.381 e. The van der Waals surface area contributed by atoms with Crippen LogP contribution < -0.4 is 5.73 Å². The lowest BCUT2D eigenvalue weighted by Crippen LogP contribution is -2.17. The van der Waals surface area contributed by atoms with Crippen molar-refractivity contribution in [1.82, 2.24) is 4.98 Å². The summed E-state index contributed by atoms with van der Waals surface area (Å²) in [4.78, 5) is 4.09. The van der Waals surface area contributed by atoms with E-state index in [1.807, 2.05) is 12.4 Å². The summed E-state index contributed by atoms with van der Waals surface area (Å²) in [6, 6.07) is 2.07. The number of pyridine rings is 1. The molecule has 0 spiro atoms. The van der Waals surface area contributed by atoms with Crippen molar-refractivity contribution >= 4 is 0 Å². The number of nitrogens with two attached hydrogens (primary N) is 1. The zero-order valence-electron chi connectivity index (χ0n) is 8.28. The smallest absolute Gasteiger partial charge is 0.0534 e. The summed E-state index contributed by atoms with van der Waals surface area (Å²) >= 11 is 0. The van der Waals surface area contributed by atoms with Gasteiger partial charge in [0.15, 0.2) is 0 Å². The molecule has 1 fully saturated rings. The van der Waals surface area contributed by atoms with Gasteiger partial charge in [-0.25, -0.2) is 0 Å². The first kappa shape index (κ1) is 9.62. The second-order valence-corrected chi connectivity index (χ2v) is 3.69. The van der Waals surface area contributed by atoms with Crippen molar-refractivity contribution < 1.29 is 4.74 Å². The third kappa shape index (κ3) is 1.94. The first-order valence-electron chi connectivity index (χ1n) is 5.12. The number of rotatable bonds is 2. The summed E-state index contributed by atoms with van der Waals surface area (Å²) in [5, 5.41) is 0. The molecule has 76 valence electrons. The van der Waals surface area contributed by atoms with Gasteiger partial charge in [0.05, 0.1) is 6.61 Å². The van der Waals surface area contributed by atoms with Gasteiger partial charge in [0.1, 0.15) is 0 Å². The summed E-state index contributed by atoms with van der Waals surface area (Å²) in [5.41, 5.74) is 8.15. The molecular weight excluding hydrogens is 176 g/mol. The molecule has 14 heavy (non-hydrogen) atoms. The Morgan fingerprint density at radius 1 is 1.57 bits per heavy atom. The minimum atomic E-state index is 0.519. The Balaban J connectivity index is 2.20. The van der Waals surface area contributed by atoms with E-state index in [4.69, 9.17) is 10.5 Å². The summed E-state index contributed by atoms with van der Waals surface area (Å²) in [6.07, 6.45) is 6.06. The fraction of sp³-hybridized carbons (Fsp3) is 0.545. The molecule has 0 bridgehead atoms. The van der Waals surface area contributed by atoms with Crippen LogP contribution >= 0.6 is 0 Å². The molecular formula is C11H16N2O. The van der Waals surface area contributed by atoms with Gasteiger partial charge in [-0.15, -0.1) is 0 Å². The highest BCUT2D eigenvalue weighted by Gasteiger charge is 2.18. The molecule has 1 aromatic heterocycles. The van der Waals surface area contributed by atoms with Gasteiger partial charge in [-0.3, -0.25) is 4.98 Å². The highest BCUT2D eigenvalue weighted by atomic mass is 16.5. The second kappa shape index (κ2) is 4.53. The Morgan fingerprint density at radius 3 is 3.21 bits per heavy atom. The molecule has 0 aliphatic carbocycles. The van der Waals surface area contributed by atoms with Crippen molar-refractivity contribution in [2.75, 3.05) is 13.2 Å². The minimum Gasteiger partial charge on any atom is -0.381 e. The Hall–Kier alpha value is -0.930. The lowest BCUT2D eigenvalue weighted by Gasteiger charge is -2.23. The van der Waals surface area contributed by atoms with E-state index in [-0.39, 0.29) is 0 Å². The van der Waals surface area contributed by atoms with E-state index < -0.39 is 0 Å². The topological polar surface area (TPSA) is 48.1 Å². The number of ether oxygens (including phenoxy) is 1. The van der Waals surface area contributed by atoms with Gasteiger partial charge in [0, 0.05) is 31.5 Å². The average Bonchev–Trinajstić information content (AvgIpc) is 2.30. The third-order valence-electron chi connectivity index (χ3n) is 2.76. The molecule has 0 radical (unpaired) electrons. The van der Waals surface area contributed by atoms with Gasteiger partial charge in [0.2, 0.25) is 0 Å². The summed E-state index contributed by atoms with van der Waals surface area (Å²) in [5.74, 6) is 0.519. The van der Waals surface area contributed by atoms with E-state index in [0.29, 0.717) is 12.5 Å². The van der Waals surface area contributed by atoms with Crippen LogP contribution in [0.3, 0.4) is 0 Å². The predicted octanol–water partition coefficient (Wildman–Crippen LogP) is 1.43. The Kier molecular flexibility index (Phi) is 3.11. The zero-order valence-corrected chi connectivity index (χ0v) is 8.28. The molecule has 1 aromatic rings. The van der Waals surface area contributed by atoms with Crippen molar-refractivity contribution in [3.05, 3.63) is 29.6 Å². The van der Waals surface area contributed by atoms with Crippen molar-refractivity contribution in [1.29, 1.82) is 0 Å². The third-order valence-corrected chi connectivity index (χ3v) is 2.76. The number of hydrogen-bond donors (Lipinski definition) is 1. The average molecular weight is 192 g/mol. The SMILES string of the molecule is NCc1cnccc1C1CCCOC1. The second-order valence-electron chi connectivity index (χ2n) is 3.69. The van der Waals surface area contributed by atoms with Crippen LogP contribution in [0.4, 0.5) is 0 Å². The molecule has 0 aromatic carbocycles. The monoisotopic (exact) mass is 192 g/mol. The van der Waals surface area contributed by atoms with E-state index >= 15 is 0 Å². The van der Waals surface area contributed by atoms with Crippen LogP contribution in [-0.4, -0.2) is 18.2 Å². The number of nitrogens with zero attached hydrogens (tertiary/aromatic N) is 1. The van der Waals surface area contributed by atoms with Crippen LogP contribution in [0.1, 0.15) is 29.9 Å². The van der Waals surface area contributed by atoms with Crippen molar-refractivity contribution in [2.45, 2.75) is 25.3 Å². The molecule has 1 aliphatic rings. The molecule has 1 aliphatic heterocycles. The van der Waals surface area contributed by atoms with Crippen LogP contribution in [-0.2, 0) is 11.3 Å². The van der Waals surface area contributed by atoms with E-state index in [2.05, 4.69) is 11.1 Å². The normalized spacial score (nSPS) is 22.2. The first-order valence-corrected chi connectivity index (χ1v) is 5.12.